The summed E-state index contributed by atoms with van der Waals surface area (Å²) in [5, 5.41) is 10.5. The fourth-order valence-corrected chi connectivity index (χ4v) is 1.38. The van der Waals surface area contributed by atoms with Crippen LogP contribution in [0.2, 0.25) is 0 Å². The van der Waals surface area contributed by atoms with E-state index in [2.05, 4.69) is 4.74 Å². The number of hydrogen-bond donors (Lipinski definition) is 0. The topological polar surface area (TPSA) is 72.7 Å². The molecule has 1 aromatic rings. The Kier molecular flexibility index (Phi) is 4.59. The van der Waals surface area contributed by atoms with E-state index in [1.165, 1.54) is 19.2 Å². The van der Waals surface area contributed by atoms with Crippen LogP contribution >= 0.6 is 0 Å². The van der Waals surface area contributed by atoms with Crippen molar-refractivity contribution < 1.29 is 14.5 Å². The molecule has 0 N–H and O–H groups in total. The van der Waals surface area contributed by atoms with Gasteiger partial charge >= 0.3 is 5.97 Å². The zero-order valence-electron chi connectivity index (χ0n) is 9.75. The Morgan fingerprint density at radius 1 is 1.41 bits per heavy atom. The summed E-state index contributed by atoms with van der Waals surface area (Å²) in [6.45, 7) is 0.723. The Bertz CT molecular complexity index is 402. The normalized spacial score (nSPS) is 10.3. The number of nitro benzene ring substituents is 1. The molecule has 17 heavy (non-hydrogen) atoms. The molecule has 0 aliphatic heterocycles. The molecule has 0 saturated heterocycles. The van der Waals surface area contributed by atoms with Crippen molar-refractivity contribution in [3.8, 4) is 0 Å². The predicted molar refractivity (Wildman–Crippen MR) is 61.4 cm³/mol. The highest BCUT2D eigenvalue weighted by Gasteiger charge is 2.08. The number of nitro groups is 1. The lowest BCUT2D eigenvalue weighted by molar-refractivity contribution is -0.384. The molecule has 6 nitrogen and oxygen atoms in total. The molecule has 0 fully saturated rings. The zero-order valence-corrected chi connectivity index (χ0v) is 9.75. The van der Waals surface area contributed by atoms with Crippen LogP contribution in [0.25, 0.3) is 0 Å². The van der Waals surface area contributed by atoms with Crippen molar-refractivity contribution in [1.82, 2.24) is 4.90 Å². The van der Waals surface area contributed by atoms with Crippen molar-refractivity contribution in [2.24, 2.45) is 0 Å². The molecule has 0 radical (unpaired) electrons. The van der Waals surface area contributed by atoms with E-state index in [1.54, 1.807) is 24.1 Å². The molecule has 0 bridgehead atoms. The first-order chi connectivity index (χ1) is 8.02. The standard InChI is InChI=1S/C11H14N2O4/c1-12(8-11(14)17-2)7-9-3-5-10(6-4-9)13(15)16/h3-6H,7-8H2,1-2H3. The zero-order chi connectivity index (χ0) is 12.8. The summed E-state index contributed by atoms with van der Waals surface area (Å²) in [6.07, 6.45) is 0. The maximum Gasteiger partial charge on any atom is 0.319 e. The molecule has 0 unspecified atom stereocenters. The van der Waals surface area contributed by atoms with Crippen LogP contribution in [0.1, 0.15) is 5.56 Å². The second kappa shape index (κ2) is 5.95. The summed E-state index contributed by atoms with van der Waals surface area (Å²) in [6, 6.07) is 6.24. The van der Waals surface area contributed by atoms with E-state index in [0.29, 0.717) is 6.54 Å². The SMILES string of the molecule is COC(=O)CN(C)Cc1ccc([N+](=O)[O-])cc1. The molecule has 0 spiro atoms. The molecule has 6 heteroatoms. The van der Waals surface area contributed by atoms with Gasteiger partial charge in [0.05, 0.1) is 18.6 Å². The molecule has 92 valence electrons. The third-order valence-electron chi connectivity index (χ3n) is 2.23. The number of nitrogens with zero attached hydrogens (tertiary/aromatic N) is 2. The van der Waals surface area contributed by atoms with Crippen LogP contribution < -0.4 is 0 Å². The molecule has 1 rings (SSSR count). The van der Waals surface area contributed by atoms with Crippen molar-refractivity contribution in [3.05, 3.63) is 39.9 Å². The van der Waals surface area contributed by atoms with Gasteiger partial charge in [-0.3, -0.25) is 19.8 Å². The molecule has 0 amide bonds. The van der Waals surface area contributed by atoms with E-state index < -0.39 is 4.92 Å². The first-order valence-corrected chi connectivity index (χ1v) is 5.01. The van der Waals surface area contributed by atoms with Gasteiger partial charge in [-0.25, -0.2) is 0 Å². The van der Waals surface area contributed by atoms with Gasteiger partial charge in [0, 0.05) is 18.7 Å². The maximum absolute atomic E-state index is 11.0. The third-order valence-corrected chi connectivity index (χ3v) is 2.23. The molecule has 0 saturated carbocycles. The summed E-state index contributed by atoms with van der Waals surface area (Å²) in [4.78, 5) is 22.8. The fourth-order valence-electron chi connectivity index (χ4n) is 1.38. The molecule has 1 aromatic carbocycles. The lowest BCUT2D eigenvalue weighted by Crippen LogP contribution is -2.26. The van der Waals surface area contributed by atoms with Crippen molar-refractivity contribution in [1.29, 1.82) is 0 Å². The average molecular weight is 238 g/mol. The Morgan fingerprint density at radius 3 is 2.47 bits per heavy atom. The summed E-state index contributed by atoms with van der Waals surface area (Å²) in [7, 11) is 3.11. The Morgan fingerprint density at radius 2 is 2.00 bits per heavy atom. The lowest BCUT2D eigenvalue weighted by Gasteiger charge is -2.14. The van der Waals surface area contributed by atoms with Gasteiger partial charge in [-0.2, -0.15) is 0 Å². The Balaban J connectivity index is 2.57. The molecular weight excluding hydrogens is 224 g/mol. The van der Waals surface area contributed by atoms with E-state index in [1.807, 2.05) is 0 Å². The van der Waals surface area contributed by atoms with E-state index in [9.17, 15) is 14.9 Å². The number of carbonyl (C=O) groups excluding carboxylic acids is 1. The first-order valence-electron chi connectivity index (χ1n) is 5.01. The van der Waals surface area contributed by atoms with E-state index in [-0.39, 0.29) is 18.2 Å². The second-order valence-corrected chi connectivity index (χ2v) is 3.67. The average Bonchev–Trinajstić information content (AvgIpc) is 2.29. The molecular formula is C11H14N2O4. The summed E-state index contributed by atoms with van der Waals surface area (Å²) < 4.78 is 4.54. The Labute approximate surface area is 98.9 Å². The van der Waals surface area contributed by atoms with Crippen molar-refractivity contribution >= 4 is 11.7 Å². The Hall–Kier alpha value is -1.95. The van der Waals surface area contributed by atoms with Crippen molar-refractivity contribution in [3.63, 3.8) is 0 Å². The largest absolute Gasteiger partial charge is 0.468 e. The van der Waals surface area contributed by atoms with Gasteiger partial charge in [-0.05, 0) is 12.6 Å². The van der Waals surface area contributed by atoms with E-state index in [4.69, 9.17) is 0 Å². The van der Waals surface area contributed by atoms with Gasteiger partial charge in [-0.15, -0.1) is 0 Å². The van der Waals surface area contributed by atoms with Crippen LogP contribution in [0.4, 0.5) is 5.69 Å². The van der Waals surface area contributed by atoms with Gasteiger partial charge in [0.15, 0.2) is 0 Å². The van der Waals surface area contributed by atoms with Crippen LogP contribution in [0.5, 0.6) is 0 Å². The molecule has 0 atom stereocenters. The van der Waals surface area contributed by atoms with Crippen molar-refractivity contribution in [2.75, 3.05) is 20.7 Å². The van der Waals surface area contributed by atoms with Crippen LogP contribution in [0, 0.1) is 10.1 Å². The summed E-state index contributed by atoms with van der Waals surface area (Å²) in [5.74, 6) is -0.311. The minimum atomic E-state index is -0.443. The molecule has 0 aliphatic carbocycles. The second-order valence-electron chi connectivity index (χ2n) is 3.67. The first kappa shape index (κ1) is 13.1. The van der Waals surface area contributed by atoms with Gasteiger partial charge in [-0.1, -0.05) is 12.1 Å². The number of esters is 1. The van der Waals surface area contributed by atoms with E-state index in [0.717, 1.165) is 5.56 Å². The smallest absolute Gasteiger partial charge is 0.319 e. The monoisotopic (exact) mass is 238 g/mol. The van der Waals surface area contributed by atoms with Gasteiger partial charge in [0.1, 0.15) is 0 Å². The highest BCUT2D eigenvalue weighted by Crippen LogP contribution is 2.12. The highest BCUT2D eigenvalue weighted by atomic mass is 16.6. The summed E-state index contributed by atoms with van der Waals surface area (Å²) >= 11 is 0. The van der Waals surface area contributed by atoms with Crippen LogP contribution in [0.3, 0.4) is 0 Å². The molecule has 0 aliphatic rings. The number of hydrogen-bond acceptors (Lipinski definition) is 5. The number of rotatable bonds is 5. The minimum absolute atomic E-state index is 0.0596. The van der Waals surface area contributed by atoms with E-state index >= 15 is 0 Å². The molecule has 0 heterocycles. The van der Waals surface area contributed by atoms with Crippen LogP contribution in [-0.4, -0.2) is 36.5 Å². The van der Waals surface area contributed by atoms with Crippen LogP contribution in [0.15, 0.2) is 24.3 Å². The maximum atomic E-state index is 11.0. The quantitative estimate of drug-likeness (QED) is 0.438. The fraction of sp³-hybridized carbons (Fsp3) is 0.364. The molecule has 0 aromatic heterocycles. The number of benzene rings is 1. The number of non-ortho nitro benzene ring substituents is 1. The highest BCUT2D eigenvalue weighted by molar-refractivity contribution is 5.71. The lowest BCUT2D eigenvalue weighted by atomic mass is 10.2. The number of methoxy groups -OCH3 is 1. The van der Waals surface area contributed by atoms with Crippen LogP contribution in [-0.2, 0) is 16.1 Å². The van der Waals surface area contributed by atoms with Gasteiger partial charge < -0.3 is 4.74 Å². The predicted octanol–water partition coefficient (Wildman–Crippen LogP) is 1.20. The number of likely N-dealkylation sites (N-methyl/N-ethyl adjacent to an activating group) is 1. The van der Waals surface area contributed by atoms with Gasteiger partial charge in [0.25, 0.3) is 5.69 Å². The summed E-state index contributed by atoms with van der Waals surface area (Å²) in [5.41, 5.74) is 0.964. The minimum Gasteiger partial charge on any atom is -0.468 e. The third kappa shape index (κ3) is 4.20. The number of carbonyl (C=O) groups is 1. The van der Waals surface area contributed by atoms with Gasteiger partial charge in [0.2, 0.25) is 0 Å². The van der Waals surface area contributed by atoms with Crippen molar-refractivity contribution in [2.45, 2.75) is 6.54 Å². The number of ether oxygens (including phenoxy) is 1.